The molecule has 0 radical (unpaired) electrons. The van der Waals surface area contributed by atoms with Crippen LogP contribution in [-0.2, 0) is 0 Å². The van der Waals surface area contributed by atoms with E-state index in [0.717, 1.165) is 33.1 Å². The average Bonchev–Trinajstić information content (AvgIpc) is 3.56. The van der Waals surface area contributed by atoms with E-state index in [1.165, 1.54) is 49.0 Å². The summed E-state index contributed by atoms with van der Waals surface area (Å²) in [5.74, 6) is 0. The Morgan fingerprint density at radius 1 is 0.463 bits per heavy atom. The molecular formula is C38H22ClNO. The van der Waals surface area contributed by atoms with Crippen LogP contribution in [0.15, 0.2) is 138 Å². The zero-order valence-electron chi connectivity index (χ0n) is 21.9. The molecule has 0 atom stereocenters. The van der Waals surface area contributed by atoms with Crippen molar-refractivity contribution in [2.75, 3.05) is 0 Å². The van der Waals surface area contributed by atoms with Crippen molar-refractivity contribution in [3.63, 3.8) is 0 Å². The standard InChI is InChI=1S/C38H22ClNO/c39-31-21-23(22-35-37(31)30-17-7-10-20-34(30)41-35)36-26-13-1-3-15-28(26)38(29-16-4-2-14-27(29)36)40-32-18-8-5-11-24(32)25-12-6-9-19-33(25)40/h1-22H. The predicted octanol–water partition coefficient (Wildman–Crippen LogP) is 11.3. The van der Waals surface area contributed by atoms with Crippen molar-refractivity contribution in [1.82, 2.24) is 4.57 Å². The molecule has 192 valence electrons. The molecule has 2 heterocycles. The van der Waals surface area contributed by atoms with Gasteiger partial charge in [0.15, 0.2) is 0 Å². The van der Waals surface area contributed by atoms with E-state index < -0.39 is 0 Å². The number of hydrogen-bond acceptors (Lipinski definition) is 1. The Kier molecular flexibility index (Phi) is 4.70. The molecule has 41 heavy (non-hydrogen) atoms. The number of benzene rings is 7. The maximum Gasteiger partial charge on any atom is 0.137 e. The lowest BCUT2D eigenvalue weighted by molar-refractivity contribution is 0.669. The van der Waals surface area contributed by atoms with Crippen LogP contribution in [0.1, 0.15) is 0 Å². The van der Waals surface area contributed by atoms with Crippen LogP contribution in [0.5, 0.6) is 0 Å². The van der Waals surface area contributed by atoms with Gasteiger partial charge in [-0.2, -0.15) is 0 Å². The molecule has 0 bridgehead atoms. The van der Waals surface area contributed by atoms with Gasteiger partial charge in [-0.05, 0) is 52.2 Å². The Balaban J connectivity index is 1.45. The summed E-state index contributed by atoms with van der Waals surface area (Å²) in [7, 11) is 0. The highest BCUT2D eigenvalue weighted by Crippen LogP contribution is 2.46. The minimum atomic E-state index is 0.696. The summed E-state index contributed by atoms with van der Waals surface area (Å²) in [5, 5.41) is 9.93. The molecule has 3 heteroatoms. The van der Waals surface area contributed by atoms with E-state index in [0.29, 0.717) is 5.02 Å². The number of furan rings is 1. The van der Waals surface area contributed by atoms with E-state index in [4.69, 9.17) is 16.0 Å². The van der Waals surface area contributed by atoms with Crippen LogP contribution >= 0.6 is 11.6 Å². The average molecular weight is 544 g/mol. The Labute approximate surface area is 240 Å². The van der Waals surface area contributed by atoms with Gasteiger partial charge in [-0.25, -0.2) is 0 Å². The predicted molar refractivity (Wildman–Crippen MR) is 174 cm³/mol. The van der Waals surface area contributed by atoms with Crippen LogP contribution in [-0.4, -0.2) is 4.57 Å². The van der Waals surface area contributed by atoms with Gasteiger partial charge in [0, 0.05) is 32.3 Å². The van der Waals surface area contributed by atoms with Crippen molar-refractivity contribution in [3.8, 4) is 16.8 Å². The minimum Gasteiger partial charge on any atom is -0.456 e. The highest BCUT2D eigenvalue weighted by molar-refractivity contribution is 6.38. The minimum absolute atomic E-state index is 0.696. The molecule has 2 nitrogen and oxygen atoms in total. The van der Waals surface area contributed by atoms with E-state index in [1.54, 1.807) is 0 Å². The third-order valence-corrected chi connectivity index (χ3v) is 8.72. The number of rotatable bonds is 2. The Bertz CT molecular complexity index is 2390. The van der Waals surface area contributed by atoms with E-state index in [9.17, 15) is 0 Å². The molecular weight excluding hydrogens is 522 g/mol. The van der Waals surface area contributed by atoms with E-state index in [1.807, 2.05) is 18.2 Å². The van der Waals surface area contributed by atoms with Crippen molar-refractivity contribution < 1.29 is 4.42 Å². The summed E-state index contributed by atoms with van der Waals surface area (Å²) >= 11 is 7.01. The molecule has 9 rings (SSSR count). The maximum absolute atomic E-state index is 7.01. The molecule has 0 aliphatic heterocycles. The van der Waals surface area contributed by atoms with Gasteiger partial charge in [0.2, 0.25) is 0 Å². The SMILES string of the molecule is Clc1cc(-c2c3ccccc3c(-n3c4ccccc4c4ccccc43)c3ccccc23)cc2oc3ccccc3c12. The molecule has 0 fully saturated rings. The number of halogens is 1. The van der Waals surface area contributed by atoms with Gasteiger partial charge < -0.3 is 8.98 Å². The Hall–Kier alpha value is -5.05. The molecule has 0 saturated carbocycles. The summed E-state index contributed by atoms with van der Waals surface area (Å²) in [4.78, 5) is 0. The fourth-order valence-corrected chi connectivity index (χ4v) is 7.08. The summed E-state index contributed by atoms with van der Waals surface area (Å²) < 4.78 is 8.75. The summed E-state index contributed by atoms with van der Waals surface area (Å²) in [6.45, 7) is 0. The van der Waals surface area contributed by atoms with Crippen molar-refractivity contribution in [2.45, 2.75) is 0 Å². The molecule has 0 unspecified atom stereocenters. The lowest BCUT2D eigenvalue weighted by Crippen LogP contribution is -1.99. The quantitative estimate of drug-likeness (QED) is 0.198. The van der Waals surface area contributed by atoms with Gasteiger partial charge in [-0.3, -0.25) is 0 Å². The second-order valence-electron chi connectivity index (χ2n) is 10.6. The smallest absolute Gasteiger partial charge is 0.137 e. The summed E-state index contributed by atoms with van der Waals surface area (Å²) in [6.07, 6.45) is 0. The van der Waals surface area contributed by atoms with Crippen molar-refractivity contribution >= 4 is 76.9 Å². The summed E-state index contributed by atoms with van der Waals surface area (Å²) in [6, 6.07) is 47.2. The third kappa shape index (κ3) is 3.14. The van der Waals surface area contributed by atoms with Crippen LogP contribution in [0.2, 0.25) is 5.02 Å². The van der Waals surface area contributed by atoms with Crippen LogP contribution < -0.4 is 0 Å². The fourth-order valence-electron chi connectivity index (χ4n) is 6.77. The molecule has 2 aromatic heterocycles. The molecule has 0 saturated heterocycles. The largest absolute Gasteiger partial charge is 0.456 e. The molecule has 0 N–H and O–H groups in total. The highest BCUT2D eigenvalue weighted by atomic mass is 35.5. The Morgan fingerprint density at radius 3 is 1.56 bits per heavy atom. The topological polar surface area (TPSA) is 18.1 Å². The van der Waals surface area contributed by atoms with Gasteiger partial charge in [0.05, 0.1) is 21.7 Å². The van der Waals surface area contributed by atoms with Crippen molar-refractivity contribution in [1.29, 1.82) is 0 Å². The monoisotopic (exact) mass is 543 g/mol. The second-order valence-corrected chi connectivity index (χ2v) is 11.0. The molecule has 0 spiro atoms. The first-order chi connectivity index (χ1) is 20.3. The van der Waals surface area contributed by atoms with E-state index >= 15 is 0 Å². The van der Waals surface area contributed by atoms with Crippen LogP contribution in [0.25, 0.3) is 82.1 Å². The van der Waals surface area contributed by atoms with Gasteiger partial charge >= 0.3 is 0 Å². The molecule has 0 amide bonds. The van der Waals surface area contributed by atoms with Gasteiger partial charge in [-0.15, -0.1) is 0 Å². The highest BCUT2D eigenvalue weighted by Gasteiger charge is 2.21. The summed E-state index contributed by atoms with van der Waals surface area (Å²) in [5.41, 5.74) is 7.43. The van der Waals surface area contributed by atoms with Crippen LogP contribution in [0, 0.1) is 0 Å². The van der Waals surface area contributed by atoms with Gasteiger partial charge in [-0.1, -0.05) is 115 Å². The zero-order chi connectivity index (χ0) is 27.1. The van der Waals surface area contributed by atoms with Crippen molar-refractivity contribution in [3.05, 3.63) is 138 Å². The Morgan fingerprint density at radius 2 is 0.951 bits per heavy atom. The molecule has 9 aromatic rings. The zero-order valence-corrected chi connectivity index (χ0v) is 22.7. The fraction of sp³-hybridized carbons (Fsp3) is 0. The lowest BCUT2D eigenvalue weighted by atomic mass is 9.90. The molecule has 7 aromatic carbocycles. The maximum atomic E-state index is 7.01. The van der Waals surface area contributed by atoms with Crippen LogP contribution in [0.3, 0.4) is 0 Å². The normalized spacial score (nSPS) is 12.0. The van der Waals surface area contributed by atoms with Crippen molar-refractivity contribution in [2.24, 2.45) is 0 Å². The van der Waals surface area contributed by atoms with Gasteiger partial charge in [0.1, 0.15) is 11.2 Å². The molecule has 0 aliphatic carbocycles. The first-order valence-electron chi connectivity index (χ1n) is 13.8. The first-order valence-corrected chi connectivity index (χ1v) is 14.2. The number of nitrogens with zero attached hydrogens (tertiary/aromatic N) is 1. The number of fused-ring (bicyclic) bond motifs is 8. The van der Waals surface area contributed by atoms with Gasteiger partial charge in [0.25, 0.3) is 0 Å². The second kappa shape index (κ2) is 8.47. The van der Waals surface area contributed by atoms with E-state index in [2.05, 4.69) is 120 Å². The molecule has 0 aliphatic rings. The number of aromatic nitrogens is 1. The van der Waals surface area contributed by atoms with E-state index in [-0.39, 0.29) is 0 Å². The third-order valence-electron chi connectivity index (χ3n) is 8.43. The lowest BCUT2D eigenvalue weighted by Gasteiger charge is -2.19. The number of hydrogen-bond donors (Lipinski definition) is 0. The van der Waals surface area contributed by atoms with Crippen LogP contribution in [0.4, 0.5) is 0 Å². The number of para-hydroxylation sites is 3. The first kappa shape index (κ1) is 22.7.